The van der Waals surface area contributed by atoms with Gasteiger partial charge in [0.2, 0.25) is 5.91 Å². The number of carbonyl (C=O) groups is 2. The lowest BCUT2D eigenvalue weighted by atomic mass is 9.90. The van der Waals surface area contributed by atoms with E-state index < -0.39 is 19.4 Å². The Kier molecular flexibility index (Phi) is 13.3. The maximum Gasteiger partial charge on any atom is 0.258 e. The number of allylic oxidation sites excluding steroid dienone is 3. The highest BCUT2D eigenvalue weighted by Crippen LogP contribution is 2.43. The number of halogens is 1. The van der Waals surface area contributed by atoms with E-state index >= 15 is 0 Å². The number of amides is 2. The lowest BCUT2D eigenvalue weighted by molar-refractivity contribution is -0.127. The van der Waals surface area contributed by atoms with Crippen LogP contribution in [0.2, 0.25) is 5.04 Å². The molecule has 2 amide bonds. The lowest BCUT2D eigenvalue weighted by Crippen LogP contribution is -2.65. The Bertz CT molecular complexity index is 1220. The highest BCUT2D eigenvalue weighted by molar-refractivity contribution is 6.98. The number of benzene rings is 2. The summed E-state index contributed by atoms with van der Waals surface area (Å²) in [6, 6.07) is 19.1. The fourth-order valence-corrected chi connectivity index (χ4v) is 9.00. The van der Waals surface area contributed by atoms with Crippen LogP contribution in [0.25, 0.3) is 0 Å². The maximum absolute atomic E-state index is 12.8. The summed E-state index contributed by atoms with van der Waals surface area (Å²) in [5, 5.41) is 7.68. The van der Waals surface area contributed by atoms with Gasteiger partial charge in [-0.25, -0.2) is 0 Å². The van der Waals surface area contributed by atoms with Crippen LogP contribution in [0.1, 0.15) is 59.8 Å². The Hall–Kier alpha value is -3.37. The van der Waals surface area contributed by atoms with Gasteiger partial charge in [0.05, 0.1) is 0 Å². The first-order chi connectivity index (χ1) is 19.4. The summed E-state index contributed by atoms with van der Waals surface area (Å²) < 4.78 is 0. The molecule has 41 heavy (non-hydrogen) atoms. The summed E-state index contributed by atoms with van der Waals surface area (Å²) >= 11 is 6.21. The molecule has 0 unspecified atom stereocenters. The van der Waals surface area contributed by atoms with Gasteiger partial charge in [-0.3, -0.25) is 9.59 Å². The third kappa shape index (κ3) is 9.89. The van der Waals surface area contributed by atoms with Crippen LogP contribution in [0, 0.1) is 18.3 Å². The van der Waals surface area contributed by atoms with Gasteiger partial charge >= 0.3 is 0 Å². The molecule has 2 rings (SSSR count). The van der Waals surface area contributed by atoms with Gasteiger partial charge in [-0.2, -0.15) is 0 Å². The molecule has 0 spiro atoms. The summed E-state index contributed by atoms with van der Waals surface area (Å²) in [6.45, 7) is 11.7. The molecule has 5 nitrogen and oxygen atoms in total. The highest BCUT2D eigenvalue weighted by atomic mass is 35.5. The molecule has 0 saturated carbocycles. The zero-order valence-corrected chi connectivity index (χ0v) is 26.4. The Morgan fingerprint density at radius 1 is 1.07 bits per heavy atom. The molecular formula is C34H43ClN2O3Si. The van der Waals surface area contributed by atoms with E-state index in [1.165, 1.54) is 0 Å². The van der Waals surface area contributed by atoms with Crippen molar-refractivity contribution in [3.05, 3.63) is 96.2 Å². The van der Waals surface area contributed by atoms with E-state index in [0.29, 0.717) is 23.4 Å². The fourth-order valence-electron chi connectivity index (χ4n) is 5.08. The number of carbonyl (C=O) groups excluding carboxylic acids is 2. The topological polar surface area (TPSA) is 78.4 Å². The Morgan fingerprint density at radius 3 is 2.12 bits per heavy atom. The summed E-state index contributed by atoms with van der Waals surface area (Å²) in [7, 11) is -3.18. The van der Waals surface area contributed by atoms with E-state index in [-0.39, 0.29) is 24.2 Å². The summed E-state index contributed by atoms with van der Waals surface area (Å²) in [5.74, 6) is 1.91. The predicted octanol–water partition coefficient (Wildman–Crippen LogP) is 5.55. The SMILES string of the molecule is C#CCCC(=O)N[C@@H](C(=C)C)C(=O)N/C=C\C[C@H](C/C=C(\C)Cl)CC(C)(C)[Si](O)(c1ccccc1)c1ccccc1. The average molecular weight is 591 g/mol. The molecule has 0 aliphatic carbocycles. The van der Waals surface area contributed by atoms with Crippen LogP contribution < -0.4 is 21.0 Å². The van der Waals surface area contributed by atoms with Crippen molar-refractivity contribution in [2.45, 2.75) is 70.9 Å². The van der Waals surface area contributed by atoms with Gasteiger partial charge in [0.25, 0.3) is 14.2 Å². The summed E-state index contributed by atoms with van der Waals surface area (Å²) in [6.07, 6.45) is 13.3. The number of rotatable bonds is 15. The normalized spacial score (nSPS) is 13.7. The Balaban J connectivity index is 2.24. The summed E-state index contributed by atoms with van der Waals surface area (Å²) in [4.78, 5) is 37.5. The largest absolute Gasteiger partial charge is 0.424 e. The van der Waals surface area contributed by atoms with Crippen molar-refractivity contribution < 1.29 is 14.4 Å². The van der Waals surface area contributed by atoms with Crippen molar-refractivity contribution in [1.29, 1.82) is 0 Å². The van der Waals surface area contributed by atoms with Crippen LogP contribution in [-0.4, -0.2) is 31.0 Å². The zero-order valence-electron chi connectivity index (χ0n) is 24.6. The van der Waals surface area contributed by atoms with Crippen molar-refractivity contribution in [1.82, 2.24) is 10.6 Å². The summed E-state index contributed by atoms with van der Waals surface area (Å²) in [5.41, 5.74) is 0.526. The predicted molar refractivity (Wildman–Crippen MR) is 173 cm³/mol. The van der Waals surface area contributed by atoms with Crippen LogP contribution in [0.3, 0.4) is 0 Å². The first-order valence-corrected chi connectivity index (χ1v) is 16.2. The van der Waals surface area contributed by atoms with Gasteiger partial charge in [0, 0.05) is 17.9 Å². The van der Waals surface area contributed by atoms with Gasteiger partial charge in [-0.1, -0.05) is 105 Å². The fraction of sp³-hybridized carbons (Fsp3) is 0.353. The van der Waals surface area contributed by atoms with E-state index in [9.17, 15) is 14.4 Å². The molecule has 0 aliphatic rings. The van der Waals surface area contributed by atoms with Gasteiger partial charge in [0.15, 0.2) is 0 Å². The average Bonchev–Trinajstić information content (AvgIpc) is 2.95. The zero-order chi connectivity index (χ0) is 30.5. The van der Waals surface area contributed by atoms with Crippen LogP contribution in [-0.2, 0) is 9.59 Å². The molecule has 0 fully saturated rings. The van der Waals surface area contributed by atoms with Gasteiger partial charge in [-0.05, 0) is 66.2 Å². The Morgan fingerprint density at radius 2 is 1.63 bits per heavy atom. The highest BCUT2D eigenvalue weighted by Gasteiger charge is 2.50. The molecule has 0 heterocycles. The van der Waals surface area contributed by atoms with E-state index in [1.54, 1.807) is 13.1 Å². The second-order valence-corrected chi connectivity index (χ2v) is 15.6. The van der Waals surface area contributed by atoms with Crippen molar-refractivity contribution >= 4 is 42.1 Å². The maximum atomic E-state index is 12.8. The molecule has 0 aromatic heterocycles. The van der Waals surface area contributed by atoms with Gasteiger partial charge < -0.3 is 15.4 Å². The number of hydrogen-bond acceptors (Lipinski definition) is 3. The van der Waals surface area contributed by atoms with E-state index in [4.69, 9.17) is 18.0 Å². The van der Waals surface area contributed by atoms with Crippen LogP contribution in [0.4, 0.5) is 0 Å². The molecule has 2 atom stereocenters. The quantitative estimate of drug-likeness (QED) is 0.145. The lowest BCUT2D eigenvalue weighted by Gasteiger charge is -2.43. The molecule has 0 aliphatic heterocycles. The van der Waals surface area contributed by atoms with Crippen molar-refractivity contribution in [3.8, 4) is 12.3 Å². The van der Waals surface area contributed by atoms with Crippen LogP contribution in [0.5, 0.6) is 0 Å². The van der Waals surface area contributed by atoms with Crippen molar-refractivity contribution in [3.63, 3.8) is 0 Å². The third-order valence-corrected chi connectivity index (χ3v) is 11.9. The minimum Gasteiger partial charge on any atom is -0.424 e. The second-order valence-electron chi connectivity index (χ2n) is 11.1. The first-order valence-electron chi connectivity index (χ1n) is 13.9. The minimum absolute atomic E-state index is 0.149. The molecule has 2 aromatic carbocycles. The molecule has 3 N–H and O–H groups in total. The standard InChI is InChI=1S/C34H43ClN2O3Si/c1-7-8-21-31(38)37-32(26(2)3)33(39)36-24-15-16-28(23-22-27(4)35)25-34(5,6)41(40,29-17-11-9-12-18-29)30-19-13-10-14-20-30/h1,9-15,17-20,22,24,28,32,40H,2,8,16,21,23,25H2,3-6H3,(H,36,39)(H,37,38)/b24-15-,27-22+/t28-,32+/m1/s1. The molecule has 0 bridgehead atoms. The van der Waals surface area contributed by atoms with Crippen molar-refractivity contribution in [2.24, 2.45) is 5.92 Å². The molecular weight excluding hydrogens is 548 g/mol. The van der Waals surface area contributed by atoms with Gasteiger partial charge in [0.1, 0.15) is 6.04 Å². The number of hydrogen-bond donors (Lipinski definition) is 3. The van der Waals surface area contributed by atoms with Crippen molar-refractivity contribution in [2.75, 3.05) is 0 Å². The monoisotopic (exact) mass is 590 g/mol. The van der Waals surface area contributed by atoms with E-state index in [2.05, 4.69) is 37.0 Å². The van der Waals surface area contributed by atoms with E-state index in [1.807, 2.05) is 79.7 Å². The van der Waals surface area contributed by atoms with Crippen LogP contribution >= 0.6 is 11.6 Å². The minimum atomic E-state index is -3.18. The molecule has 7 heteroatoms. The molecule has 0 radical (unpaired) electrons. The number of terminal acetylenes is 1. The van der Waals surface area contributed by atoms with Crippen LogP contribution in [0.15, 0.2) is 96.2 Å². The first kappa shape index (κ1) is 33.8. The molecule has 2 aromatic rings. The van der Waals surface area contributed by atoms with Gasteiger partial charge in [-0.15, -0.1) is 12.3 Å². The van der Waals surface area contributed by atoms with E-state index in [0.717, 1.165) is 23.2 Å². The second kappa shape index (κ2) is 16.2. The molecule has 0 saturated heterocycles. The molecule has 218 valence electrons. The Labute approximate surface area is 251 Å². The third-order valence-electron chi connectivity index (χ3n) is 7.26. The smallest absolute Gasteiger partial charge is 0.258 e. The number of nitrogens with one attached hydrogen (secondary N) is 2.